The number of methoxy groups -OCH3 is 1. The van der Waals surface area contributed by atoms with E-state index in [1.165, 1.54) is 0 Å². The smallest absolute Gasteiger partial charge is 0.250 e. The summed E-state index contributed by atoms with van der Waals surface area (Å²) in [5, 5.41) is 4.37. The molecule has 2 aromatic heterocycles. The topological polar surface area (TPSA) is 131 Å². The lowest BCUT2D eigenvalue weighted by Gasteiger charge is -2.31. The Morgan fingerprint density at radius 1 is 1.12 bits per heavy atom. The van der Waals surface area contributed by atoms with E-state index in [0.717, 1.165) is 44.7 Å². The normalized spacial score (nSPS) is 15.1. The summed E-state index contributed by atoms with van der Waals surface area (Å²) >= 11 is 0. The number of aromatic amines is 1. The second kappa shape index (κ2) is 12.6. The molecular formula is C31H38N4O5S. The van der Waals surface area contributed by atoms with Crippen molar-refractivity contribution >= 4 is 26.8 Å². The Labute approximate surface area is 241 Å². The molecule has 1 amide bonds. The fourth-order valence-electron chi connectivity index (χ4n) is 5.68. The number of aryl methyl sites for hydroxylation is 1. The van der Waals surface area contributed by atoms with Gasteiger partial charge in [-0.05, 0) is 84.7 Å². The maximum atomic E-state index is 12.8. The number of hydrogen-bond donors (Lipinski definition) is 3. The van der Waals surface area contributed by atoms with Gasteiger partial charge in [-0.15, -0.1) is 0 Å². The van der Waals surface area contributed by atoms with Crippen LogP contribution in [0.3, 0.4) is 0 Å². The zero-order valence-electron chi connectivity index (χ0n) is 23.6. The number of carbonyl (C=O) groups is 1. The molecule has 0 atom stereocenters. The number of rotatable bonds is 12. The van der Waals surface area contributed by atoms with Crippen LogP contribution in [0.1, 0.15) is 58.2 Å². The molecule has 9 nitrogen and oxygen atoms in total. The molecule has 0 saturated carbocycles. The number of sulfonamides is 1. The van der Waals surface area contributed by atoms with Crippen molar-refractivity contribution in [3.05, 3.63) is 82.9 Å². The quantitative estimate of drug-likeness (QED) is 0.210. The summed E-state index contributed by atoms with van der Waals surface area (Å²) < 4.78 is 37.8. The van der Waals surface area contributed by atoms with Crippen LogP contribution in [-0.4, -0.2) is 56.2 Å². The van der Waals surface area contributed by atoms with Crippen LogP contribution in [0.5, 0.6) is 0 Å². The minimum Gasteiger partial charge on any atom is -0.465 e. The molecule has 1 fully saturated rings. The van der Waals surface area contributed by atoms with Crippen molar-refractivity contribution in [2.45, 2.75) is 45.2 Å². The maximum absolute atomic E-state index is 12.8. The van der Waals surface area contributed by atoms with Crippen LogP contribution in [0.4, 0.5) is 0 Å². The van der Waals surface area contributed by atoms with Crippen molar-refractivity contribution in [1.29, 1.82) is 0 Å². The molecule has 1 aliphatic rings. The third kappa shape index (κ3) is 6.73. The Morgan fingerprint density at radius 3 is 2.63 bits per heavy atom. The average Bonchev–Trinajstić information content (AvgIpc) is 3.58. The highest BCUT2D eigenvalue weighted by molar-refractivity contribution is 7.89. The summed E-state index contributed by atoms with van der Waals surface area (Å²) in [7, 11) is -1.73. The summed E-state index contributed by atoms with van der Waals surface area (Å²) in [6, 6.07) is 16.1. The Morgan fingerprint density at radius 2 is 1.93 bits per heavy atom. The van der Waals surface area contributed by atoms with Crippen LogP contribution in [0.15, 0.2) is 59.1 Å². The van der Waals surface area contributed by atoms with Gasteiger partial charge in [0.1, 0.15) is 11.5 Å². The Kier molecular flexibility index (Phi) is 8.94. The van der Waals surface area contributed by atoms with E-state index in [1.807, 2.05) is 43.5 Å². The second-order valence-corrected chi connectivity index (χ2v) is 12.8. The molecule has 218 valence electrons. The fraction of sp³-hybridized carbons (Fsp3) is 0.387. The van der Waals surface area contributed by atoms with Crippen molar-refractivity contribution in [1.82, 2.24) is 14.6 Å². The molecule has 3 heterocycles. The standard InChI is InChI=1S/C31H38N4O5S/c1-21-7-8-26(40-21)19-33-18-22-5-3-6-24(15-22)25-16-27-29(20-34-30(27)28(17-25)31(32)36)23-9-11-35(12-10-23)41(37,38)14-4-13-39-2/h3,5-8,15-17,20,23,33-34H,4,9-14,18-19H2,1-2H3,(H2,32,36). The predicted octanol–water partition coefficient (Wildman–Crippen LogP) is 4.67. The van der Waals surface area contributed by atoms with Gasteiger partial charge in [-0.1, -0.05) is 18.2 Å². The van der Waals surface area contributed by atoms with Gasteiger partial charge >= 0.3 is 0 Å². The number of fused-ring (bicyclic) bond motifs is 1. The van der Waals surface area contributed by atoms with Gasteiger partial charge < -0.3 is 25.2 Å². The van der Waals surface area contributed by atoms with Gasteiger partial charge in [0.15, 0.2) is 0 Å². The third-order valence-corrected chi connectivity index (χ3v) is 9.77. The fourth-order valence-corrected chi connectivity index (χ4v) is 7.19. The number of piperidine rings is 1. The van der Waals surface area contributed by atoms with Crippen molar-refractivity contribution in [2.75, 3.05) is 32.6 Å². The number of ether oxygens (including phenoxy) is 1. The summed E-state index contributed by atoms with van der Waals surface area (Å²) in [5.74, 6) is 1.56. The number of benzene rings is 2. The SMILES string of the molecule is COCCCS(=O)(=O)N1CCC(c2c[nH]c3c(C(N)=O)cc(-c4cccc(CNCc5ccc(C)o5)c4)cc23)CC1. The van der Waals surface area contributed by atoms with E-state index in [9.17, 15) is 13.2 Å². The zero-order chi connectivity index (χ0) is 29.0. The van der Waals surface area contributed by atoms with E-state index in [-0.39, 0.29) is 11.7 Å². The molecule has 5 rings (SSSR count). The molecule has 0 spiro atoms. The summed E-state index contributed by atoms with van der Waals surface area (Å²) in [6.07, 6.45) is 3.86. The number of hydrogen-bond acceptors (Lipinski definition) is 6. The number of H-pyrrole nitrogens is 1. The number of primary amides is 1. The highest BCUT2D eigenvalue weighted by atomic mass is 32.2. The van der Waals surface area contributed by atoms with Gasteiger partial charge in [0.2, 0.25) is 10.0 Å². The van der Waals surface area contributed by atoms with Gasteiger partial charge in [0, 0.05) is 44.9 Å². The van der Waals surface area contributed by atoms with Crippen LogP contribution in [0.25, 0.3) is 22.0 Å². The van der Waals surface area contributed by atoms with Crippen LogP contribution >= 0.6 is 0 Å². The number of carbonyl (C=O) groups excluding carboxylic acids is 1. The molecule has 41 heavy (non-hydrogen) atoms. The van der Waals surface area contributed by atoms with Crippen LogP contribution in [0.2, 0.25) is 0 Å². The van der Waals surface area contributed by atoms with Crippen LogP contribution < -0.4 is 11.1 Å². The Hall–Kier alpha value is -3.44. The van der Waals surface area contributed by atoms with Crippen LogP contribution in [-0.2, 0) is 27.8 Å². The number of nitrogens with one attached hydrogen (secondary N) is 2. The number of aromatic nitrogens is 1. The first kappa shape index (κ1) is 29.1. The minimum absolute atomic E-state index is 0.0982. The largest absolute Gasteiger partial charge is 0.465 e. The van der Waals surface area contributed by atoms with E-state index in [1.54, 1.807) is 11.4 Å². The molecule has 1 saturated heterocycles. The van der Waals surface area contributed by atoms with E-state index < -0.39 is 15.9 Å². The van der Waals surface area contributed by atoms with E-state index in [4.69, 9.17) is 14.9 Å². The molecule has 4 N–H and O–H groups in total. The van der Waals surface area contributed by atoms with E-state index in [0.29, 0.717) is 57.6 Å². The minimum atomic E-state index is -3.30. The summed E-state index contributed by atoms with van der Waals surface area (Å²) in [4.78, 5) is 15.8. The predicted molar refractivity (Wildman–Crippen MR) is 160 cm³/mol. The Bertz CT molecular complexity index is 1620. The second-order valence-electron chi connectivity index (χ2n) is 10.7. The monoisotopic (exact) mass is 578 g/mol. The molecule has 0 bridgehead atoms. The average molecular weight is 579 g/mol. The molecule has 0 aliphatic carbocycles. The molecule has 2 aromatic carbocycles. The first-order valence-electron chi connectivity index (χ1n) is 14.0. The zero-order valence-corrected chi connectivity index (χ0v) is 24.4. The van der Waals surface area contributed by atoms with Gasteiger partial charge in [-0.3, -0.25) is 4.79 Å². The number of amides is 1. The number of nitrogens with two attached hydrogens (primary N) is 1. The highest BCUT2D eigenvalue weighted by Gasteiger charge is 2.30. The first-order valence-corrected chi connectivity index (χ1v) is 15.6. The van der Waals surface area contributed by atoms with Crippen LogP contribution in [0, 0.1) is 6.92 Å². The lowest BCUT2D eigenvalue weighted by molar-refractivity contribution is 0.100. The summed E-state index contributed by atoms with van der Waals surface area (Å²) in [5.41, 5.74) is 11.1. The third-order valence-electron chi connectivity index (χ3n) is 7.81. The lowest BCUT2D eigenvalue weighted by atomic mass is 9.88. The maximum Gasteiger partial charge on any atom is 0.250 e. The molecule has 1 aliphatic heterocycles. The van der Waals surface area contributed by atoms with Gasteiger partial charge in [-0.2, -0.15) is 0 Å². The van der Waals surface area contributed by atoms with Crippen molar-refractivity contribution in [3.8, 4) is 11.1 Å². The Balaban J connectivity index is 1.35. The molecular weight excluding hydrogens is 540 g/mol. The number of nitrogens with zero attached hydrogens (tertiary/aromatic N) is 1. The van der Waals surface area contributed by atoms with Crippen molar-refractivity contribution in [3.63, 3.8) is 0 Å². The van der Waals surface area contributed by atoms with Crippen molar-refractivity contribution < 1.29 is 22.4 Å². The molecule has 0 unspecified atom stereocenters. The lowest BCUT2D eigenvalue weighted by Crippen LogP contribution is -2.39. The highest BCUT2D eigenvalue weighted by Crippen LogP contribution is 2.37. The van der Waals surface area contributed by atoms with E-state index >= 15 is 0 Å². The summed E-state index contributed by atoms with van der Waals surface area (Å²) in [6.45, 7) is 4.61. The van der Waals surface area contributed by atoms with Gasteiger partial charge in [0.25, 0.3) is 5.91 Å². The molecule has 10 heteroatoms. The van der Waals surface area contributed by atoms with Crippen molar-refractivity contribution in [2.24, 2.45) is 5.73 Å². The molecule has 0 radical (unpaired) electrons. The molecule has 4 aromatic rings. The number of furan rings is 1. The van der Waals surface area contributed by atoms with Gasteiger partial charge in [0.05, 0.1) is 23.4 Å². The van der Waals surface area contributed by atoms with Gasteiger partial charge in [-0.25, -0.2) is 12.7 Å². The first-order chi connectivity index (χ1) is 19.7. The van der Waals surface area contributed by atoms with E-state index in [2.05, 4.69) is 28.5 Å².